The fourth-order valence-corrected chi connectivity index (χ4v) is 2.25. The van der Waals surface area contributed by atoms with Crippen LogP contribution in [0.25, 0.3) is 0 Å². The molecule has 3 nitrogen and oxygen atoms in total. The molecular formula is C16H13ClF3NO2. The fourth-order valence-electron chi connectivity index (χ4n) is 2.03. The Bertz CT molecular complexity index is 691. The van der Waals surface area contributed by atoms with Crippen LogP contribution >= 0.6 is 11.6 Å². The van der Waals surface area contributed by atoms with Crippen LogP contribution in [0.3, 0.4) is 0 Å². The molecule has 2 aromatic rings. The van der Waals surface area contributed by atoms with Gasteiger partial charge in [-0.1, -0.05) is 54.1 Å². The van der Waals surface area contributed by atoms with Gasteiger partial charge in [0.15, 0.2) is 0 Å². The zero-order valence-electron chi connectivity index (χ0n) is 11.8. The zero-order valence-corrected chi connectivity index (χ0v) is 12.5. The molecule has 0 fully saturated rings. The first-order valence-electron chi connectivity index (χ1n) is 6.63. The number of alkyl halides is 3. The third-order valence-corrected chi connectivity index (χ3v) is 3.67. The molecule has 2 N–H and O–H groups in total. The number of aliphatic hydroxyl groups is 1. The molecule has 0 aliphatic rings. The summed E-state index contributed by atoms with van der Waals surface area (Å²) in [5.41, 5.74) is -3.51. The van der Waals surface area contributed by atoms with E-state index in [1.165, 1.54) is 36.4 Å². The molecule has 0 aromatic heterocycles. The van der Waals surface area contributed by atoms with Gasteiger partial charge in [-0.15, -0.1) is 0 Å². The van der Waals surface area contributed by atoms with Crippen LogP contribution in [0.2, 0.25) is 5.02 Å². The minimum atomic E-state index is -4.96. The highest BCUT2D eigenvalue weighted by Crippen LogP contribution is 2.38. The van der Waals surface area contributed by atoms with Crippen molar-refractivity contribution in [3.8, 4) is 0 Å². The van der Waals surface area contributed by atoms with Gasteiger partial charge in [-0.05, 0) is 17.7 Å². The van der Waals surface area contributed by atoms with Crippen molar-refractivity contribution >= 4 is 17.5 Å². The van der Waals surface area contributed by atoms with Gasteiger partial charge in [0.1, 0.15) is 0 Å². The summed E-state index contributed by atoms with van der Waals surface area (Å²) in [7, 11) is 0. The summed E-state index contributed by atoms with van der Waals surface area (Å²) in [5, 5.41) is 12.3. The first-order chi connectivity index (χ1) is 10.8. The normalized spacial score (nSPS) is 14.1. The van der Waals surface area contributed by atoms with Crippen LogP contribution in [0.5, 0.6) is 0 Å². The van der Waals surface area contributed by atoms with E-state index in [0.29, 0.717) is 0 Å². The number of nitrogens with one attached hydrogen (secondary N) is 1. The molecule has 2 aromatic carbocycles. The summed E-state index contributed by atoms with van der Waals surface area (Å²) in [6.07, 6.45) is -4.96. The highest BCUT2D eigenvalue weighted by molar-refractivity contribution is 6.33. The molecule has 23 heavy (non-hydrogen) atoms. The van der Waals surface area contributed by atoms with Gasteiger partial charge in [-0.3, -0.25) is 4.79 Å². The van der Waals surface area contributed by atoms with Crippen molar-refractivity contribution in [3.05, 3.63) is 70.7 Å². The van der Waals surface area contributed by atoms with Crippen LogP contribution < -0.4 is 5.32 Å². The SMILES string of the molecule is O=C(NC[C@](O)(c1ccccc1)C(F)(F)F)c1ccccc1Cl. The fraction of sp³-hybridized carbons (Fsp3) is 0.188. The van der Waals surface area contributed by atoms with Crippen molar-refractivity contribution in [3.63, 3.8) is 0 Å². The largest absolute Gasteiger partial charge is 0.423 e. The van der Waals surface area contributed by atoms with Crippen LogP contribution in [-0.2, 0) is 5.60 Å². The minimum absolute atomic E-state index is 0.0340. The lowest BCUT2D eigenvalue weighted by atomic mass is 9.93. The maximum atomic E-state index is 13.3. The van der Waals surface area contributed by atoms with Crippen molar-refractivity contribution in [1.82, 2.24) is 5.32 Å². The van der Waals surface area contributed by atoms with Gasteiger partial charge in [0, 0.05) is 0 Å². The summed E-state index contributed by atoms with van der Waals surface area (Å²) >= 11 is 5.83. The molecule has 122 valence electrons. The topological polar surface area (TPSA) is 49.3 Å². The van der Waals surface area contributed by atoms with Crippen LogP contribution in [0.4, 0.5) is 13.2 Å². The zero-order chi connectivity index (χ0) is 17.1. The van der Waals surface area contributed by atoms with Crippen molar-refractivity contribution in [2.75, 3.05) is 6.54 Å². The molecule has 0 aliphatic carbocycles. The summed E-state index contributed by atoms with van der Waals surface area (Å²) < 4.78 is 39.9. The van der Waals surface area contributed by atoms with Gasteiger partial charge >= 0.3 is 6.18 Å². The number of amides is 1. The van der Waals surface area contributed by atoms with E-state index < -0.39 is 24.2 Å². The number of carbonyl (C=O) groups excluding carboxylic acids is 1. The van der Waals surface area contributed by atoms with E-state index in [9.17, 15) is 23.1 Å². The monoisotopic (exact) mass is 343 g/mol. The Morgan fingerprint density at radius 3 is 2.17 bits per heavy atom. The quantitative estimate of drug-likeness (QED) is 0.892. The van der Waals surface area contributed by atoms with Crippen molar-refractivity contribution in [2.24, 2.45) is 0 Å². The standard InChI is InChI=1S/C16H13ClF3NO2/c17-13-9-5-4-8-12(13)14(22)21-10-15(23,16(18,19)20)11-6-2-1-3-7-11/h1-9,23H,10H2,(H,21,22)/t15-/m0/s1. The molecule has 0 unspecified atom stereocenters. The van der Waals surface area contributed by atoms with Gasteiger partial charge in [-0.25, -0.2) is 0 Å². The third kappa shape index (κ3) is 3.65. The summed E-state index contributed by atoms with van der Waals surface area (Å²) in [6.45, 7) is -1.02. The van der Waals surface area contributed by atoms with E-state index in [4.69, 9.17) is 11.6 Å². The number of halogens is 4. The molecule has 0 aliphatic heterocycles. The van der Waals surface area contributed by atoms with Gasteiger partial charge in [0.05, 0.1) is 17.1 Å². The lowest BCUT2D eigenvalue weighted by molar-refractivity contribution is -0.263. The summed E-state index contributed by atoms with van der Waals surface area (Å²) in [4.78, 5) is 12.0. The van der Waals surface area contributed by atoms with E-state index >= 15 is 0 Å². The Labute approximate surface area is 135 Å². The highest BCUT2D eigenvalue weighted by atomic mass is 35.5. The Morgan fingerprint density at radius 2 is 1.61 bits per heavy atom. The highest BCUT2D eigenvalue weighted by Gasteiger charge is 2.55. The van der Waals surface area contributed by atoms with Crippen molar-refractivity contribution in [1.29, 1.82) is 0 Å². The van der Waals surface area contributed by atoms with E-state index in [1.807, 2.05) is 0 Å². The van der Waals surface area contributed by atoms with E-state index in [0.717, 1.165) is 12.1 Å². The molecule has 1 atom stereocenters. The molecule has 2 rings (SSSR count). The number of benzene rings is 2. The van der Waals surface area contributed by atoms with Crippen LogP contribution in [0.15, 0.2) is 54.6 Å². The molecule has 0 saturated carbocycles. The predicted octanol–water partition coefficient (Wildman–Crippen LogP) is 3.52. The van der Waals surface area contributed by atoms with Crippen molar-refractivity contribution < 1.29 is 23.1 Å². The maximum absolute atomic E-state index is 13.3. The van der Waals surface area contributed by atoms with E-state index in [-0.39, 0.29) is 16.1 Å². The van der Waals surface area contributed by atoms with Gasteiger partial charge < -0.3 is 10.4 Å². The van der Waals surface area contributed by atoms with E-state index in [1.54, 1.807) is 6.07 Å². The van der Waals surface area contributed by atoms with Gasteiger partial charge in [-0.2, -0.15) is 13.2 Å². The maximum Gasteiger partial charge on any atom is 0.423 e. The second-order valence-electron chi connectivity index (χ2n) is 4.89. The Morgan fingerprint density at radius 1 is 1.04 bits per heavy atom. The molecule has 7 heteroatoms. The van der Waals surface area contributed by atoms with E-state index in [2.05, 4.69) is 5.32 Å². The molecule has 0 radical (unpaired) electrons. The average Bonchev–Trinajstić information content (AvgIpc) is 2.52. The smallest absolute Gasteiger partial charge is 0.375 e. The second kappa shape index (κ2) is 6.60. The number of hydrogen-bond acceptors (Lipinski definition) is 2. The molecule has 0 heterocycles. The number of rotatable bonds is 4. The molecule has 1 amide bonds. The molecule has 0 bridgehead atoms. The first-order valence-corrected chi connectivity index (χ1v) is 7.01. The predicted molar refractivity (Wildman–Crippen MR) is 80.2 cm³/mol. The lowest BCUT2D eigenvalue weighted by Gasteiger charge is -2.31. The van der Waals surface area contributed by atoms with Crippen molar-refractivity contribution in [2.45, 2.75) is 11.8 Å². The molecule has 0 saturated heterocycles. The Hall–Kier alpha value is -2.05. The average molecular weight is 344 g/mol. The third-order valence-electron chi connectivity index (χ3n) is 3.34. The van der Waals surface area contributed by atoms with Crippen LogP contribution in [-0.4, -0.2) is 23.7 Å². The number of hydrogen-bond donors (Lipinski definition) is 2. The molecule has 0 spiro atoms. The summed E-state index contributed by atoms with van der Waals surface area (Å²) in [5.74, 6) is -0.797. The number of carbonyl (C=O) groups is 1. The van der Waals surface area contributed by atoms with Gasteiger partial charge in [0.25, 0.3) is 5.91 Å². The Balaban J connectivity index is 2.24. The minimum Gasteiger partial charge on any atom is -0.375 e. The van der Waals surface area contributed by atoms with Gasteiger partial charge in [0.2, 0.25) is 5.60 Å². The molecular weight excluding hydrogens is 331 g/mol. The van der Waals surface area contributed by atoms with Crippen LogP contribution in [0, 0.1) is 0 Å². The first kappa shape index (κ1) is 17.3. The lowest BCUT2D eigenvalue weighted by Crippen LogP contribution is -2.51. The van der Waals surface area contributed by atoms with Crippen LogP contribution in [0.1, 0.15) is 15.9 Å². The summed E-state index contributed by atoms with van der Waals surface area (Å²) in [6, 6.07) is 12.5. The Kier molecular flexibility index (Phi) is 4.97. The second-order valence-corrected chi connectivity index (χ2v) is 5.29.